The number of piperidine rings is 1. The van der Waals surface area contributed by atoms with Crippen LogP contribution in [-0.2, 0) is 17.6 Å². The maximum atomic E-state index is 12.4. The molecule has 0 radical (unpaired) electrons. The Morgan fingerprint density at radius 3 is 2.37 bits per heavy atom. The predicted octanol–water partition coefficient (Wildman–Crippen LogP) is 3.22. The Balaban J connectivity index is 1.60. The molecule has 1 amide bonds. The largest absolute Gasteiger partial charge is 0.347 e. The number of anilines is 1. The monoisotopic (exact) mass is 371 g/mol. The summed E-state index contributed by atoms with van der Waals surface area (Å²) in [6.07, 6.45) is 9.01. The zero-order valence-corrected chi connectivity index (χ0v) is 17.2. The highest BCUT2D eigenvalue weighted by atomic mass is 16.1. The standard InChI is InChI=1S/C21H33N5O/c1-5-8-15(4)19(27)23-21(11-12-21)16-9-13-26(14-10-16)20-22-17(6-2)18(7-3)24-25-20/h8,16H,5-7,9-14H2,1-4H3,(H,23,27). The van der Waals surface area contributed by atoms with E-state index >= 15 is 0 Å². The molecule has 1 saturated heterocycles. The van der Waals surface area contributed by atoms with Crippen molar-refractivity contribution in [1.82, 2.24) is 20.5 Å². The number of hydrogen-bond acceptors (Lipinski definition) is 5. The van der Waals surface area contributed by atoms with E-state index in [2.05, 4.69) is 41.2 Å². The van der Waals surface area contributed by atoms with E-state index in [9.17, 15) is 4.79 Å². The van der Waals surface area contributed by atoms with Gasteiger partial charge < -0.3 is 10.2 Å². The van der Waals surface area contributed by atoms with Gasteiger partial charge in [0.1, 0.15) is 0 Å². The molecule has 1 saturated carbocycles. The molecule has 0 aromatic carbocycles. The zero-order valence-electron chi connectivity index (χ0n) is 17.2. The van der Waals surface area contributed by atoms with Gasteiger partial charge >= 0.3 is 0 Å². The lowest BCUT2D eigenvalue weighted by Gasteiger charge is -2.36. The van der Waals surface area contributed by atoms with Crippen molar-refractivity contribution in [2.45, 2.75) is 78.2 Å². The molecule has 0 spiro atoms. The minimum absolute atomic E-state index is 0.0196. The minimum Gasteiger partial charge on any atom is -0.347 e. The first-order chi connectivity index (χ1) is 13.0. The summed E-state index contributed by atoms with van der Waals surface area (Å²) in [6, 6.07) is 0. The van der Waals surface area contributed by atoms with Gasteiger partial charge in [0.2, 0.25) is 11.9 Å². The van der Waals surface area contributed by atoms with E-state index in [1.807, 2.05) is 13.0 Å². The molecule has 0 atom stereocenters. The van der Waals surface area contributed by atoms with Gasteiger partial charge in [-0.15, -0.1) is 5.10 Å². The molecule has 2 heterocycles. The lowest BCUT2D eigenvalue weighted by atomic mass is 9.87. The van der Waals surface area contributed by atoms with Crippen LogP contribution < -0.4 is 10.2 Å². The average molecular weight is 372 g/mol. The van der Waals surface area contributed by atoms with Crippen LogP contribution in [0.2, 0.25) is 0 Å². The second kappa shape index (κ2) is 8.36. The third-order valence-electron chi connectivity index (χ3n) is 6.08. The predicted molar refractivity (Wildman–Crippen MR) is 108 cm³/mol. The highest BCUT2D eigenvalue weighted by Crippen LogP contribution is 2.47. The minimum atomic E-state index is 0.0196. The number of carbonyl (C=O) groups is 1. The summed E-state index contributed by atoms with van der Waals surface area (Å²) in [4.78, 5) is 19.4. The normalized spacial score (nSPS) is 19.9. The van der Waals surface area contributed by atoms with Crippen LogP contribution in [0.3, 0.4) is 0 Å². The molecule has 1 aliphatic heterocycles. The van der Waals surface area contributed by atoms with Crippen LogP contribution in [-0.4, -0.2) is 39.7 Å². The fraction of sp³-hybridized carbons (Fsp3) is 0.714. The number of carbonyl (C=O) groups excluding carboxylic acids is 1. The van der Waals surface area contributed by atoms with E-state index in [4.69, 9.17) is 4.98 Å². The molecule has 148 valence electrons. The van der Waals surface area contributed by atoms with E-state index in [0.717, 1.165) is 80.9 Å². The van der Waals surface area contributed by atoms with Crippen LogP contribution in [0, 0.1) is 5.92 Å². The second-order valence-corrected chi connectivity index (χ2v) is 7.88. The fourth-order valence-electron chi connectivity index (χ4n) is 4.19. The molecule has 1 aliphatic carbocycles. The number of rotatable bonds is 7. The smallest absolute Gasteiger partial charge is 0.247 e. The summed E-state index contributed by atoms with van der Waals surface area (Å²) in [7, 11) is 0. The van der Waals surface area contributed by atoms with Crippen molar-refractivity contribution in [1.29, 1.82) is 0 Å². The Kier molecular flexibility index (Phi) is 6.12. The molecule has 0 unspecified atom stereocenters. The highest BCUT2D eigenvalue weighted by Gasteiger charge is 2.51. The van der Waals surface area contributed by atoms with Gasteiger partial charge in [-0.2, -0.15) is 5.10 Å². The van der Waals surface area contributed by atoms with E-state index in [1.165, 1.54) is 0 Å². The molecular weight excluding hydrogens is 338 g/mol. The number of allylic oxidation sites excluding steroid dienone is 1. The van der Waals surface area contributed by atoms with E-state index in [-0.39, 0.29) is 11.4 Å². The molecule has 2 aliphatic rings. The third kappa shape index (κ3) is 4.30. The molecule has 1 aromatic heterocycles. The number of nitrogens with one attached hydrogen (secondary N) is 1. The van der Waals surface area contributed by atoms with Gasteiger partial charge in [-0.25, -0.2) is 4.98 Å². The van der Waals surface area contributed by atoms with Gasteiger partial charge in [0.25, 0.3) is 0 Å². The van der Waals surface area contributed by atoms with Crippen LogP contribution in [0.4, 0.5) is 5.95 Å². The Bertz CT molecular complexity index is 703. The first-order valence-electron chi connectivity index (χ1n) is 10.5. The van der Waals surface area contributed by atoms with Gasteiger partial charge in [-0.05, 0) is 57.8 Å². The van der Waals surface area contributed by atoms with Crippen molar-refractivity contribution < 1.29 is 4.79 Å². The maximum absolute atomic E-state index is 12.4. The Morgan fingerprint density at radius 1 is 1.15 bits per heavy atom. The van der Waals surface area contributed by atoms with Gasteiger partial charge in [0, 0.05) is 24.2 Å². The van der Waals surface area contributed by atoms with Crippen molar-refractivity contribution in [3.05, 3.63) is 23.0 Å². The molecule has 0 bridgehead atoms. The molecule has 1 aromatic rings. The van der Waals surface area contributed by atoms with Crippen molar-refractivity contribution in [2.75, 3.05) is 18.0 Å². The van der Waals surface area contributed by atoms with Crippen LogP contribution in [0.15, 0.2) is 11.6 Å². The molecule has 2 fully saturated rings. The maximum Gasteiger partial charge on any atom is 0.247 e. The van der Waals surface area contributed by atoms with E-state index in [1.54, 1.807) is 0 Å². The summed E-state index contributed by atoms with van der Waals surface area (Å²) in [5.74, 6) is 1.41. The number of aromatic nitrogens is 3. The molecule has 1 N–H and O–H groups in total. The number of nitrogens with zero attached hydrogens (tertiary/aromatic N) is 4. The quantitative estimate of drug-likeness (QED) is 0.745. The second-order valence-electron chi connectivity index (χ2n) is 7.88. The zero-order chi connectivity index (χ0) is 19.4. The SMILES string of the molecule is CCC=C(C)C(=O)NC1(C2CCN(c3nnc(CC)c(CC)n3)CC2)CC1. The molecule has 27 heavy (non-hydrogen) atoms. The first-order valence-corrected chi connectivity index (χ1v) is 10.5. The molecule has 3 rings (SSSR count). The van der Waals surface area contributed by atoms with E-state index in [0.29, 0.717) is 5.92 Å². The summed E-state index contributed by atoms with van der Waals surface area (Å²) in [6.45, 7) is 10.1. The first kappa shape index (κ1) is 19.8. The van der Waals surface area contributed by atoms with Gasteiger partial charge in [0.15, 0.2) is 0 Å². The molecule has 6 heteroatoms. The van der Waals surface area contributed by atoms with Crippen molar-refractivity contribution in [2.24, 2.45) is 5.92 Å². The average Bonchev–Trinajstić information content (AvgIpc) is 3.48. The van der Waals surface area contributed by atoms with Crippen LogP contribution >= 0.6 is 0 Å². The lowest BCUT2D eigenvalue weighted by Crippen LogP contribution is -2.48. The third-order valence-corrected chi connectivity index (χ3v) is 6.08. The van der Waals surface area contributed by atoms with Gasteiger partial charge in [-0.3, -0.25) is 4.79 Å². The van der Waals surface area contributed by atoms with Crippen LogP contribution in [0.5, 0.6) is 0 Å². The van der Waals surface area contributed by atoms with Crippen molar-refractivity contribution in [3.63, 3.8) is 0 Å². The number of aryl methyl sites for hydroxylation is 2. The van der Waals surface area contributed by atoms with E-state index < -0.39 is 0 Å². The van der Waals surface area contributed by atoms with Gasteiger partial charge in [-0.1, -0.05) is 26.8 Å². The summed E-state index contributed by atoms with van der Waals surface area (Å²) in [5, 5.41) is 12.1. The van der Waals surface area contributed by atoms with Crippen molar-refractivity contribution >= 4 is 11.9 Å². The van der Waals surface area contributed by atoms with Crippen LogP contribution in [0.25, 0.3) is 0 Å². The summed E-state index contributed by atoms with van der Waals surface area (Å²) < 4.78 is 0. The molecule has 6 nitrogen and oxygen atoms in total. The topological polar surface area (TPSA) is 71.0 Å². The van der Waals surface area contributed by atoms with Crippen LogP contribution in [0.1, 0.15) is 71.2 Å². The molecular formula is C21H33N5O. The Morgan fingerprint density at radius 2 is 1.81 bits per heavy atom. The van der Waals surface area contributed by atoms with Crippen molar-refractivity contribution in [3.8, 4) is 0 Å². The summed E-state index contributed by atoms with van der Waals surface area (Å²) in [5.41, 5.74) is 2.93. The Hall–Kier alpha value is -1.98. The fourth-order valence-corrected chi connectivity index (χ4v) is 4.19. The van der Waals surface area contributed by atoms with Gasteiger partial charge in [0.05, 0.1) is 11.4 Å². The Labute approximate surface area is 162 Å². The lowest BCUT2D eigenvalue weighted by molar-refractivity contribution is -0.118. The number of hydrogen-bond donors (Lipinski definition) is 1. The summed E-state index contributed by atoms with van der Waals surface area (Å²) >= 11 is 0. The number of amides is 1. The highest BCUT2D eigenvalue weighted by molar-refractivity contribution is 5.93.